The minimum Gasteiger partial charge on any atom is -0.384 e. The fourth-order valence-corrected chi connectivity index (χ4v) is 1.06. The van der Waals surface area contributed by atoms with E-state index in [2.05, 4.69) is 18.9 Å². The summed E-state index contributed by atoms with van der Waals surface area (Å²) in [4.78, 5) is 0. The van der Waals surface area contributed by atoms with E-state index in [4.69, 9.17) is 5.73 Å². The van der Waals surface area contributed by atoms with Crippen LogP contribution in [0.2, 0.25) is 0 Å². The molecule has 11 heavy (non-hydrogen) atoms. The molecule has 1 heterocycles. The highest BCUT2D eigenvalue weighted by Gasteiger charge is 2.03. The maximum atomic E-state index is 5.62. The van der Waals surface area contributed by atoms with Gasteiger partial charge in [0.15, 0.2) is 0 Å². The zero-order chi connectivity index (χ0) is 8.43. The molecule has 1 rings (SSSR count). The van der Waals surface area contributed by atoms with Crippen LogP contribution in [0, 0.1) is 5.92 Å². The molecule has 0 amide bonds. The van der Waals surface area contributed by atoms with Crippen LogP contribution in [0.5, 0.6) is 0 Å². The molecule has 0 saturated carbocycles. The summed E-state index contributed by atoms with van der Waals surface area (Å²) in [5, 5.41) is 4.24. The predicted octanol–water partition coefficient (Wildman–Crippen LogP) is 1.20. The molecule has 3 nitrogen and oxygen atoms in total. The zero-order valence-electron chi connectivity index (χ0n) is 7.33. The third-order valence-corrected chi connectivity index (χ3v) is 1.58. The Morgan fingerprint density at radius 2 is 2.27 bits per heavy atom. The highest BCUT2D eigenvalue weighted by molar-refractivity contribution is 5.30. The van der Waals surface area contributed by atoms with Crippen LogP contribution in [-0.2, 0) is 13.5 Å². The molecule has 1 aromatic rings. The number of rotatable bonds is 2. The second-order valence-electron chi connectivity index (χ2n) is 3.28. The molecular formula is C8H15N3. The molecule has 0 saturated heterocycles. The molecule has 2 N–H and O–H groups in total. The van der Waals surface area contributed by atoms with Crippen molar-refractivity contribution >= 4 is 5.82 Å². The van der Waals surface area contributed by atoms with Crippen molar-refractivity contribution in [1.29, 1.82) is 0 Å². The lowest BCUT2D eigenvalue weighted by Gasteiger charge is -1.98. The van der Waals surface area contributed by atoms with Gasteiger partial charge in [-0.15, -0.1) is 0 Å². The van der Waals surface area contributed by atoms with Crippen molar-refractivity contribution < 1.29 is 0 Å². The Bertz CT molecular complexity index is 218. The Kier molecular flexibility index (Phi) is 2.17. The largest absolute Gasteiger partial charge is 0.384 e. The molecule has 0 unspecified atom stereocenters. The Hall–Kier alpha value is -0.990. The van der Waals surface area contributed by atoms with Gasteiger partial charge in [-0.3, -0.25) is 4.68 Å². The van der Waals surface area contributed by atoms with Gasteiger partial charge in [0.1, 0.15) is 5.82 Å². The molecule has 3 heteroatoms. The first kappa shape index (κ1) is 8.11. The van der Waals surface area contributed by atoms with Crippen LogP contribution in [0.25, 0.3) is 0 Å². The normalized spacial score (nSPS) is 10.9. The average molecular weight is 153 g/mol. The van der Waals surface area contributed by atoms with Crippen molar-refractivity contribution in [3.63, 3.8) is 0 Å². The quantitative estimate of drug-likeness (QED) is 0.693. The third-order valence-electron chi connectivity index (χ3n) is 1.58. The first-order chi connectivity index (χ1) is 5.09. The Labute approximate surface area is 67.2 Å². The molecule has 0 aromatic carbocycles. The number of aromatic nitrogens is 2. The lowest BCUT2D eigenvalue weighted by Crippen LogP contribution is -1.98. The molecule has 1 aromatic heterocycles. The lowest BCUT2D eigenvalue weighted by molar-refractivity contribution is 0.621. The summed E-state index contributed by atoms with van der Waals surface area (Å²) in [5.74, 6) is 1.38. The molecule has 0 radical (unpaired) electrons. The summed E-state index contributed by atoms with van der Waals surface area (Å²) in [6, 6.07) is 1.93. The smallest absolute Gasteiger partial charge is 0.121 e. The van der Waals surface area contributed by atoms with E-state index >= 15 is 0 Å². The fourth-order valence-electron chi connectivity index (χ4n) is 1.06. The van der Waals surface area contributed by atoms with Gasteiger partial charge in [-0.25, -0.2) is 0 Å². The lowest BCUT2D eigenvalue weighted by atomic mass is 10.1. The van der Waals surface area contributed by atoms with Crippen LogP contribution in [0.3, 0.4) is 0 Å². The molecule has 62 valence electrons. The van der Waals surface area contributed by atoms with Crippen molar-refractivity contribution in [1.82, 2.24) is 9.78 Å². The summed E-state index contributed by atoms with van der Waals surface area (Å²) in [5.41, 5.74) is 6.70. The number of nitrogens with zero attached hydrogens (tertiary/aromatic N) is 2. The summed E-state index contributed by atoms with van der Waals surface area (Å²) in [6.45, 7) is 4.34. The van der Waals surface area contributed by atoms with E-state index in [9.17, 15) is 0 Å². The average Bonchev–Trinajstić information content (AvgIpc) is 2.10. The number of anilines is 1. The summed E-state index contributed by atoms with van der Waals surface area (Å²) >= 11 is 0. The van der Waals surface area contributed by atoms with Gasteiger partial charge in [-0.05, 0) is 12.3 Å². The highest BCUT2D eigenvalue weighted by Crippen LogP contribution is 2.09. The van der Waals surface area contributed by atoms with E-state index in [1.807, 2.05) is 13.1 Å². The van der Waals surface area contributed by atoms with Crippen molar-refractivity contribution in [3.05, 3.63) is 11.8 Å². The molecule has 0 aliphatic heterocycles. The maximum Gasteiger partial charge on any atom is 0.121 e. The minimum atomic E-state index is 0.643. The SMILES string of the molecule is CC(C)Cc1cc(N)n(C)n1. The van der Waals surface area contributed by atoms with E-state index in [1.54, 1.807) is 4.68 Å². The van der Waals surface area contributed by atoms with E-state index in [0.29, 0.717) is 5.92 Å². The van der Waals surface area contributed by atoms with Crippen LogP contribution in [0.15, 0.2) is 6.07 Å². The molecule has 0 spiro atoms. The van der Waals surface area contributed by atoms with Crippen LogP contribution >= 0.6 is 0 Å². The van der Waals surface area contributed by atoms with Gasteiger partial charge in [0, 0.05) is 13.1 Å². The van der Waals surface area contributed by atoms with Gasteiger partial charge < -0.3 is 5.73 Å². The Morgan fingerprint density at radius 3 is 2.64 bits per heavy atom. The van der Waals surface area contributed by atoms with E-state index in [-0.39, 0.29) is 0 Å². The van der Waals surface area contributed by atoms with Crippen molar-refractivity contribution in [3.8, 4) is 0 Å². The molecular weight excluding hydrogens is 138 g/mol. The minimum absolute atomic E-state index is 0.643. The summed E-state index contributed by atoms with van der Waals surface area (Å²) in [6.07, 6.45) is 1.00. The van der Waals surface area contributed by atoms with Gasteiger partial charge in [0.25, 0.3) is 0 Å². The van der Waals surface area contributed by atoms with Crippen LogP contribution in [0.1, 0.15) is 19.5 Å². The van der Waals surface area contributed by atoms with Crippen molar-refractivity contribution in [2.45, 2.75) is 20.3 Å². The Balaban J connectivity index is 2.73. The predicted molar refractivity (Wildman–Crippen MR) is 46.2 cm³/mol. The molecule has 0 bridgehead atoms. The van der Waals surface area contributed by atoms with Gasteiger partial charge >= 0.3 is 0 Å². The van der Waals surface area contributed by atoms with Gasteiger partial charge in [0.2, 0.25) is 0 Å². The van der Waals surface area contributed by atoms with Crippen LogP contribution < -0.4 is 5.73 Å². The van der Waals surface area contributed by atoms with E-state index in [0.717, 1.165) is 17.9 Å². The fraction of sp³-hybridized carbons (Fsp3) is 0.625. The first-order valence-electron chi connectivity index (χ1n) is 3.88. The zero-order valence-corrected chi connectivity index (χ0v) is 7.33. The third kappa shape index (κ3) is 1.97. The maximum absolute atomic E-state index is 5.62. The monoisotopic (exact) mass is 153 g/mol. The number of aryl methyl sites for hydroxylation is 1. The van der Waals surface area contributed by atoms with Gasteiger partial charge in [-0.1, -0.05) is 13.8 Å². The summed E-state index contributed by atoms with van der Waals surface area (Å²) < 4.78 is 1.71. The van der Waals surface area contributed by atoms with Crippen LogP contribution in [-0.4, -0.2) is 9.78 Å². The number of nitrogens with two attached hydrogens (primary N) is 1. The van der Waals surface area contributed by atoms with Gasteiger partial charge in [-0.2, -0.15) is 5.10 Å². The van der Waals surface area contributed by atoms with Gasteiger partial charge in [0.05, 0.1) is 5.69 Å². The standard InChI is InChI=1S/C8H15N3/c1-6(2)4-7-5-8(9)11(3)10-7/h5-6H,4,9H2,1-3H3. The second-order valence-corrected chi connectivity index (χ2v) is 3.28. The number of nitrogen functional groups attached to an aromatic ring is 1. The number of hydrogen-bond acceptors (Lipinski definition) is 2. The van der Waals surface area contributed by atoms with Crippen molar-refractivity contribution in [2.75, 3.05) is 5.73 Å². The van der Waals surface area contributed by atoms with Crippen LogP contribution in [0.4, 0.5) is 5.82 Å². The molecule has 0 fully saturated rings. The summed E-state index contributed by atoms with van der Waals surface area (Å²) in [7, 11) is 1.86. The second kappa shape index (κ2) is 2.95. The Morgan fingerprint density at radius 1 is 1.64 bits per heavy atom. The number of hydrogen-bond donors (Lipinski definition) is 1. The highest BCUT2D eigenvalue weighted by atomic mass is 15.3. The van der Waals surface area contributed by atoms with E-state index < -0.39 is 0 Å². The first-order valence-corrected chi connectivity index (χ1v) is 3.88. The molecule has 0 aliphatic rings. The molecule has 0 aliphatic carbocycles. The topological polar surface area (TPSA) is 43.8 Å². The van der Waals surface area contributed by atoms with E-state index in [1.165, 1.54) is 0 Å². The van der Waals surface area contributed by atoms with Crippen molar-refractivity contribution in [2.24, 2.45) is 13.0 Å². The molecule has 0 atom stereocenters.